The molecule has 296 valence electrons. The van der Waals surface area contributed by atoms with E-state index < -0.39 is 0 Å². The van der Waals surface area contributed by atoms with Gasteiger partial charge in [0.25, 0.3) is 0 Å². The van der Waals surface area contributed by atoms with Crippen LogP contribution in [0.5, 0.6) is 0 Å². The molecule has 0 aliphatic heterocycles. The highest BCUT2D eigenvalue weighted by atomic mass is 15.1. The summed E-state index contributed by atoms with van der Waals surface area (Å²) in [5.74, 6) is 0. The number of fused-ring (bicyclic) bond motifs is 6. The molecule has 0 radical (unpaired) electrons. The fourth-order valence-electron chi connectivity index (χ4n) is 9.15. The standard InChI is InChI=1S/C57H38N6/c1-3-15-41(16-4-1)61(42-17-5-2-6-18-42)43-27-29-44(30-28-43)62-54-23-9-7-19-46(54)48-35-39(25-31-56(48)62)40-26-32-57-49(36-40)47-20-8-10-24-55(47)63(57)45-37-52(50-21-11-13-33-58-50)60-53(38-45)51-22-12-14-34-59-51/h1-38H. The Kier molecular flexibility index (Phi) is 8.71. The number of aromatic nitrogens is 5. The Bertz CT molecular complexity index is 3500. The quantitative estimate of drug-likeness (QED) is 0.153. The average molecular weight is 807 g/mol. The molecule has 0 aliphatic carbocycles. The predicted molar refractivity (Wildman–Crippen MR) is 259 cm³/mol. The molecule has 0 saturated carbocycles. The van der Waals surface area contributed by atoms with Gasteiger partial charge in [0.2, 0.25) is 0 Å². The topological polar surface area (TPSA) is 51.8 Å². The molecule has 7 aromatic carbocycles. The van der Waals surface area contributed by atoms with Crippen LogP contribution in [0.3, 0.4) is 0 Å². The monoisotopic (exact) mass is 806 g/mol. The molecule has 0 amide bonds. The zero-order chi connectivity index (χ0) is 41.7. The zero-order valence-electron chi connectivity index (χ0n) is 34.1. The van der Waals surface area contributed by atoms with E-state index in [0.717, 1.165) is 67.8 Å². The van der Waals surface area contributed by atoms with Crippen molar-refractivity contribution in [2.24, 2.45) is 0 Å². The van der Waals surface area contributed by atoms with Gasteiger partial charge in [-0.25, -0.2) is 4.98 Å². The second-order valence-corrected chi connectivity index (χ2v) is 15.7. The SMILES string of the molecule is c1ccc(N(c2ccccc2)c2ccc(-n3c4ccccc4c4cc(-c5ccc6c(c5)c5ccccc5n6-c5cc(-c6ccccn6)nc(-c6ccccn6)c5)ccc43)cc2)cc1. The van der Waals surface area contributed by atoms with E-state index in [1.807, 2.05) is 48.8 Å². The molecule has 5 heterocycles. The van der Waals surface area contributed by atoms with E-state index in [9.17, 15) is 0 Å². The van der Waals surface area contributed by atoms with Gasteiger partial charge in [-0.2, -0.15) is 0 Å². The number of rotatable bonds is 8. The maximum Gasteiger partial charge on any atom is 0.0915 e. The molecule has 0 atom stereocenters. The third-order valence-corrected chi connectivity index (χ3v) is 12.0. The highest BCUT2D eigenvalue weighted by molar-refractivity contribution is 6.12. The molecule has 12 rings (SSSR count). The molecule has 0 fully saturated rings. The van der Waals surface area contributed by atoms with Gasteiger partial charge < -0.3 is 14.0 Å². The first-order valence-electron chi connectivity index (χ1n) is 21.2. The largest absolute Gasteiger partial charge is 0.311 e. The maximum absolute atomic E-state index is 5.06. The molecular formula is C57H38N6. The Labute approximate surface area is 364 Å². The third kappa shape index (κ3) is 6.32. The molecule has 0 aliphatic rings. The Morgan fingerprint density at radius 1 is 0.302 bits per heavy atom. The van der Waals surface area contributed by atoms with Gasteiger partial charge in [-0.05, 0) is 132 Å². The van der Waals surface area contributed by atoms with Gasteiger partial charge >= 0.3 is 0 Å². The van der Waals surface area contributed by atoms with Gasteiger partial charge in [-0.15, -0.1) is 0 Å². The zero-order valence-corrected chi connectivity index (χ0v) is 34.1. The highest BCUT2D eigenvalue weighted by Gasteiger charge is 2.19. The summed E-state index contributed by atoms with van der Waals surface area (Å²) in [6.45, 7) is 0. The summed E-state index contributed by atoms with van der Waals surface area (Å²) in [7, 11) is 0. The van der Waals surface area contributed by atoms with Gasteiger partial charge in [0.1, 0.15) is 0 Å². The minimum atomic E-state index is 0.793. The first-order chi connectivity index (χ1) is 31.2. The number of para-hydroxylation sites is 4. The summed E-state index contributed by atoms with van der Waals surface area (Å²) in [4.78, 5) is 16.7. The lowest BCUT2D eigenvalue weighted by Gasteiger charge is -2.25. The molecule has 6 nitrogen and oxygen atoms in total. The molecule has 0 N–H and O–H groups in total. The van der Waals surface area contributed by atoms with Crippen LogP contribution in [-0.4, -0.2) is 24.1 Å². The van der Waals surface area contributed by atoms with Crippen LogP contribution in [0.2, 0.25) is 0 Å². The van der Waals surface area contributed by atoms with E-state index in [-0.39, 0.29) is 0 Å². The van der Waals surface area contributed by atoms with Crippen LogP contribution >= 0.6 is 0 Å². The number of pyridine rings is 3. The van der Waals surface area contributed by atoms with Crippen molar-refractivity contribution in [1.29, 1.82) is 0 Å². The Morgan fingerprint density at radius 2 is 0.730 bits per heavy atom. The van der Waals surface area contributed by atoms with Crippen LogP contribution < -0.4 is 4.90 Å². The van der Waals surface area contributed by atoms with E-state index in [4.69, 9.17) is 4.98 Å². The van der Waals surface area contributed by atoms with Crippen molar-refractivity contribution >= 4 is 60.7 Å². The summed E-state index contributed by atoms with van der Waals surface area (Å²) in [6, 6.07) is 77.3. The van der Waals surface area contributed by atoms with Crippen molar-refractivity contribution in [3.05, 3.63) is 231 Å². The van der Waals surface area contributed by atoms with E-state index >= 15 is 0 Å². The van der Waals surface area contributed by atoms with E-state index in [0.29, 0.717) is 0 Å². The third-order valence-electron chi connectivity index (χ3n) is 12.0. The second-order valence-electron chi connectivity index (χ2n) is 15.7. The Morgan fingerprint density at radius 3 is 1.22 bits per heavy atom. The highest BCUT2D eigenvalue weighted by Crippen LogP contribution is 2.40. The molecular weight excluding hydrogens is 769 g/mol. The van der Waals surface area contributed by atoms with Crippen molar-refractivity contribution in [2.45, 2.75) is 0 Å². The van der Waals surface area contributed by atoms with Crippen LogP contribution in [0.4, 0.5) is 17.1 Å². The number of hydrogen-bond acceptors (Lipinski definition) is 4. The summed E-state index contributed by atoms with van der Waals surface area (Å²) >= 11 is 0. The number of nitrogens with zero attached hydrogens (tertiary/aromatic N) is 6. The van der Waals surface area contributed by atoms with E-state index in [1.54, 1.807) is 0 Å². The first-order valence-corrected chi connectivity index (χ1v) is 21.2. The lowest BCUT2D eigenvalue weighted by Crippen LogP contribution is -2.09. The fourth-order valence-corrected chi connectivity index (χ4v) is 9.15. The molecule has 0 saturated heterocycles. The second kappa shape index (κ2) is 15.1. The molecule has 12 aromatic rings. The number of hydrogen-bond donors (Lipinski definition) is 0. The van der Waals surface area contributed by atoms with E-state index in [1.165, 1.54) is 38.1 Å². The fraction of sp³-hybridized carbons (Fsp3) is 0. The summed E-state index contributed by atoms with van der Waals surface area (Å²) in [5.41, 5.74) is 15.6. The molecule has 6 heteroatoms. The Balaban J connectivity index is 0.968. The van der Waals surface area contributed by atoms with Gasteiger partial charge in [0.05, 0.1) is 50.5 Å². The van der Waals surface area contributed by atoms with Crippen LogP contribution in [0.25, 0.3) is 88.9 Å². The van der Waals surface area contributed by atoms with Gasteiger partial charge in [0, 0.05) is 56.7 Å². The van der Waals surface area contributed by atoms with Crippen molar-refractivity contribution in [3.63, 3.8) is 0 Å². The first kappa shape index (κ1) is 36.3. The van der Waals surface area contributed by atoms with E-state index in [2.05, 4.69) is 206 Å². The van der Waals surface area contributed by atoms with Gasteiger partial charge in [-0.1, -0.05) is 97.1 Å². The van der Waals surface area contributed by atoms with Gasteiger partial charge in [-0.3, -0.25) is 9.97 Å². The number of anilines is 3. The van der Waals surface area contributed by atoms with Crippen molar-refractivity contribution in [1.82, 2.24) is 24.1 Å². The van der Waals surface area contributed by atoms with Crippen molar-refractivity contribution in [2.75, 3.05) is 4.90 Å². The smallest absolute Gasteiger partial charge is 0.0915 e. The van der Waals surface area contributed by atoms with Crippen LogP contribution in [0.15, 0.2) is 231 Å². The van der Waals surface area contributed by atoms with Crippen LogP contribution in [0, 0.1) is 0 Å². The molecule has 63 heavy (non-hydrogen) atoms. The molecule has 0 bridgehead atoms. The lowest BCUT2D eigenvalue weighted by atomic mass is 10.0. The minimum absolute atomic E-state index is 0.793. The predicted octanol–water partition coefficient (Wildman–Crippen LogP) is 14.5. The van der Waals surface area contributed by atoms with Crippen molar-refractivity contribution in [3.8, 4) is 45.3 Å². The minimum Gasteiger partial charge on any atom is -0.311 e. The summed E-state index contributed by atoms with van der Waals surface area (Å²) < 4.78 is 4.73. The van der Waals surface area contributed by atoms with Crippen LogP contribution in [0.1, 0.15) is 0 Å². The normalized spacial score (nSPS) is 11.5. The molecule has 0 spiro atoms. The molecule has 0 unspecified atom stereocenters. The summed E-state index contributed by atoms with van der Waals surface area (Å²) in [6.07, 6.45) is 3.62. The average Bonchev–Trinajstić information content (AvgIpc) is 3.88. The maximum atomic E-state index is 5.06. The van der Waals surface area contributed by atoms with Gasteiger partial charge in [0.15, 0.2) is 0 Å². The molecule has 5 aromatic heterocycles. The Hall–Kier alpha value is -8.61. The van der Waals surface area contributed by atoms with Crippen molar-refractivity contribution < 1.29 is 0 Å². The van der Waals surface area contributed by atoms with Crippen LogP contribution in [-0.2, 0) is 0 Å². The number of benzene rings is 7. The summed E-state index contributed by atoms with van der Waals surface area (Å²) in [5, 5.41) is 4.80. The lowest BCUT2D eigenvalue weighted by molar-refractivity contribution is 1.14.